The topological polar surface area (TPSA) is 58.1 Å². The van der Waals surface area contributed by atoms with Gasteiger partial charge in [-0.05, 0) is 51.0 Å². The van der Waals surface area contributed by atoms with Crippen molar-refractivity contribution in [3.63, 3.8) is 0 Å². The van der Waals surface area contributed by atoms with E-state index in [0.717, 1.165) is 31.5 Å². The van der Waals surface area contributed by atoms with Crippen LogP contribution in [-0.4, -0.2) is 35.0 Å². The zero-order valence-electron chi connectivity index (χ0n) is 13.9. The Morgan fingerprint density at radius 1 is 1.25 bits per heavy atom. The Balaban J connectivity index is 1.99. The number of benzene rings is 1. The molecule has 126 valence electrons. The fourth-order valence-electron chi connectivity index (χ4n) is 2.53. The molecule has 1 aromatic heterocycles. The Hall–Kier alpha value is -2.50. The van der Waals surface area contributed by atoms with Gasteiger partial charge in [0.2, 0.25) is 0 Å². The lowest BCUT2D eigenvalue weighted by atomic mass is 10.2. The molecular weight excluding hydrogens is 307 g/mol. The van der Waals surface area contributed by atoms with Crippen molar-refractivity contribution in [2.45, 2.75) is 32.7 Å². The van der Waals surface area contributed by atoms with Crippen molar-refractivity contribution < 1.29 is 9.18 Å². The second kappa shape index (κ2) is 6.95. The van der Waals surface area contributed by atoms with Gasteiger partial charge in [-0.1, -0.05) is 0 Å². The second-order valence-corrected chi connectivity index (χ2v) is 5.86. The molecule has 6 heteroatoms. The molecule has 0 saturated heterocycles. The number of halogens is 1. The van der Waals surface area contributed by atoms with Gasteiger partial charge in [0, 0.05) is 30.9 Å². The van der Waals surface area contributed by atoms with E-state index in [4.69, 9.17) is 0 Å². The number of carbonyl (C=O) groups excluding carboxylic acids is 1. The summed E-state index contributed by atoms with van der Waals surface area (Å²) in [5.41, 5.74) is 1.20. The zero-order valence-corrected chi connectivity index (χ0v) is 13.9. The number of hydrogen-bond acceptors (Lipinski definition) is 4. The van der Waals surface area contributed by atoms with Crippen LogP contribution in [0, 0.1) is 5.82 Å². The maximum atomic E-state index is 13.1. The molecule has 0 unspecified atom stereocenters. The van der Waals surface area contributed by atoms with Crippen LogP contribution in [0.2, 0.25) is 0 Å². The molecule has 1 N–H and O–H groups in total. The normalized spacial score (nSPS) is 13.6. The molecule has 1 aliphatic rings. The second-order valence-electron chi connectivity index (χ2n) is 5.86. The third-order valence-corrected chi connectivity index (χ3v) is 4.09. The van der Waals surface area contributed by atoms with E-state index in [9.17, 15) is 9.18 Å². The number of aromatic nitrogens is 2. The predicted molar refractivity (Wildman–Crippen MR) is 91.5 cm³/mol. The Morgan fingerprint density at radius 2 is 1.92 bits per heavy atom. The highest BCUT2D eigenvalue weighted by molar-refractivity contribution is 5.99. The number of rotatable bonds is 6. The summed E-state index contributed by atoms with van der Waals surface area (Å²) in [6, 6.07) is 6.31. The molecule has 0 bridgehead atoms. The minimum absolute atomic E-state index is 0.134. The van der Waals surface area contributed by atoms with E-state index in [1.54, 1.807) is 18.3 Å². The van der Waals surface area contributed by atoms with Gasteiger partial charge in [-0.2, -0.15) is 0 Å². The van der Waals surface area contributed by atoms with Crippen LogP contribution >= 0.6 is 0 Å². The number of nitrogens with zero attached hydrogens (tertiary/aromatic N) is 3. The fraction of sp³-hybridized carbons (Fsp3) is 0.389. The van der Waals surface area contributed by atoms with E-state index >= 15 is 0 Å². The van der Waals surface area contributed by atoms with E-state index < -0.39 is 0 Å². The largest absolute Gasteiger partial charge is 0.356 e. The van der Waals surface area contributed by atoms with Crippen molar-refractivity contribution in [3.8, 4) is 11.4 Å². The van der Waals surface area contributed by atoms with E-state index in [2.05, 4.69) is 15.3 Å². The van der Waals surface area contributed by atoms with Crippen LogP contribution in [0.25, 0.3) is 11.4 Å². The molecule has 1 saturated carbocycles. The summed E-state index contributed by atoms with van der Waals surface area (Å²) < 4.78 is 13.1. The van der Waals surface area contributed by atoms with Gasteiger partial charge in [-0.15, -0.1) is 0 Å². The molecule has 3 rings (SSSR count). The van der Waals surface area contributed by atoms with Gasteiger partial charge in [0.25, 0.3) is 5.91 Å². The minimum atomic E-state index is -0.303. The molecule has 5 nitrogen and oxygen atoms in total. The maximum absolute atomic E-state index is 13.1. The van der Waals surface area contributed by atoms with Crippen LogP contribution in [0.4, 0.5) is 10.2 Å². The smallest absolute Gasteiger partial charge is 0.256 e. The summed E-state index contributed by atoms with van der Waals surface area (Å²) in [7, 11) is 0. The first-order valence-electron chi connectivity index (χ1n) is 8.31. The molecule has 0 radical (unpaired) electrons. The maximum Gasteiger partial charge on any atom is 0.256 e. The predicted octanol–water partition coefficient (Wildman–Crippen LogP) is 3.02. The number of nitrogens with one attached hydrogen (secondary N) is 1. The fourth-order valence-corrected chi connectivity index (χ4v) is 2.53. The summed E-state index contributed by atoms with van der Waals surface area (Å²) in [5, 5.41) is 2.99. The van der Waals surface area contributed by atoms with Crippen molar-refractivity contribution in [2.24, 2.45) is 0 Å². The van der Waals surface area contributed by atoms with Crippen LogP contribution in [0.3, 0.4) is 0 Å². The highest BCUT2D eigenvalue weighted by Gasteiger charge is 2.26. The van der Waals surface area contributed by atoms with Crippen molar-refractivity contribution in [3.05, 3.63) is 41.8 Å². The number of carbonyl (C=O) groups is 1. The summed E-state index contributed by atoms with van der Waals surface area (Å²) in [6.07, 6.45) is 3.62. The third kappa shape index (κ3) is 3.53. The Kier molecular flexibility index (Phi) is 4.74. The summed E-state index contributed by atoms with van der Waals surface area (Å²) >= 11 is 0. The van der Waals surface area contributed by atoms with E-state index in [1.807, 2.05) is 18.7 Å². The van der Waals surface area contributed by atoms with Gasteiger partial charge in [0.15, 0.2) is 5.82 Å². The average Bonchev–Trinajstić information content (AvgIpc) is 3.40. The van der Waals surface area contributed by atoms with Crippen LogP contribution in [0.15, 0.2) is 30.5 Å². The first-order chi connectivity index (χ1) is 11.6. The molecule has 1 fully saturated rings. The molecule has 1 aromatic carbocycles. The average molecular weight is 328 g/mol. The Morgan fingerprint density at radius 3 is 2.50 bits per heavy atom. The first-order valence-corrected chi connectivity index (χ1v) is 8.31. The summed E-state index contributed by atoms with van der Waals surface area (Å²) in [5.74, 6) is 0.667. The molecule has 2 aromatic rings. The Bertz CT molecular complexity index is 724. The van der Waals surface area contributed by atoms with Gasteiger partial charge in [-0.3, -0.25) is 4.79 Å². The Labute approximate surface area is 140 Å². The van der Waals surface area contributed by atoms with Crippen molar-refractivity contribution in [2.75, 3.05) is 18.0 Å². The lowest BCUT2D eigenvalue weighted by Crippen LogP contribution is -2.31. The first kappa shape index (κ1) is 16.4. The van der Waals surface area contributed by atoms with E-state index in [0.29, 0.717) is 17.2 Å². The highest BCUT2D eigenvalue weighted by atomic mass is 19.1. The minimum Gasteiger partial charge on any atom is -0.356 e. The van der Waals surface area contributed by atoms with Crippen LogP contribution in [0.5, 0.6) is 0 Å². The third-order valence-electron chi connectivity index (χ3n) is 4.09. The molecule has 0 spiro atoms. The van der Waals surface area contributed by atoms with Crippen molar-refractivity contribution in [1.29, 1.82) is 0 Å². The van der Waals surface area contributed by atoms with Gasteiger partial charge >= 0.3 is 0 Å². The summed E-state index contributed by atoms with van der Waals surface area (Å²) in [4.78, 5) is 23.4. The SMILES string of the molecule is CCN(CC)c1nc(-c2ccc(F)cc2)ncc1C(=O)NC1CC1. The van der Waals surface area contributed by atoms with Crippen LogP contribution < -0.4 is 10.2 Å². The molecule has 24 heavy (non-hydrogen) atoms. The van der Waals surface area contributed by atoms with Gasteiger partial charge in [-0.25, -0.2) is 14.4 Å². The standard InChI is InChI=1S/C18H21FN4O/c1-3-23(4-2)17-15(18(24)21-14-9-10-14)11-20-16(22-17)12-5-7-13(19)8-6-12/h5-8,11,14H,3-4,9-10H2,1-2H3,(H,21,24). The molecular formula is C18H21FN4O. The van der Waals surface area contributed by atoms with Crippen LogP contribution in [-0.2, 0) is 0 Å². The molecule has 1 heterocycles. The quantitative estimate of drug-likeness (QED) is 0.885. The highest BCUT2D eigenvalue weighted by Crippen LogP contribution is 2.24. The van der Waals surface area contributed by atoms with Crippen molar-refractivity contribution in [1.82, 2.24) is 15.3 Å². The lowest BCUT2D eigenvalue weighted by Gasteiger charge is -2.22. The molecule has 1 aliphatic carbocycles. The van der Waals surface area contributed by atoms with Crippen LogP contribution in [0.1, 0.15) is 37.0 Å². The molecule has 0 atom stereocenters. The number of hydrogen-bond donors (Lipinski definition) is 1. The van der Waals surface area contributed by atoms with Gasteiger partial charge in [0.1, 0.15) is 17.2 Å². The monoisotopic (exact) mass is 328 g/mol. The summed E-state index contributed by atoms with van der Waals surface area (Å²) in [6.45, 7) is 5.51. The van der Waals surface area contributed by atoms with E-state index in [-0.39, 0.29) is 17.8 Å². The number of amides is 1. The van der Waals surface area contributed by atoms with Crippen molar-refractivity contribution >= 4 is 11.7 Å². The number of anilines is 1. The molecule has 0 aliphatic heterocycles. The van der Waals surface area contributed by atoms with Gasteiger partial charge in [0.05, 0.1) is 0 Å². The lowest BCUT2D eigenvalue weighted by molar-refractivity contribution is 0.0951. The zero-order chi connectivity index (χ0) is 17.1. The van der Waals surface area contributed by atoms with Gasteiger partial charge < -0.3 is 10.2 Å². The molecule has 1 amide bonds. The van der Waals surface area contributed by atoms with E-state index in [1.165, 1.54) is 12.1 Å².